The zero-order valence-electron chi connectivity index (χ0n) is 10.2. The summed E-state index contributed by atoms with van der Waals surface area (Å²) in [4.78, 5) is 0.236. The van der Waals surface area contributed by atoms with Gasteiger partial charge in [0.05, 0.1) is 4.90 Å². The third kappa shape index (κ3) is 3.62. The van der Waals surface area contributed by atoms with Crippen LogP contribution in [-0.2, 0) is 23.5 Å². The van der Waals surface area contributed by atoms with Crippen molar-refractivity contribution in [2.75, 3.05) is 6.54 Å². The van der Waals surface area contributed by atoms with E-state index >= 15 is 0 Å². The van der Waals surface area contributed by atoms with Crippen LogP contribution in [0.15, 0.2) is 40.0 Å². The molecule has 2 rings (SSSR count). The Kier molecular flexibility index (Phi) is 4.33. The number of halogens is 1. The molecule has 0 fully saturated rings. The van der Waals surface area contributed by atoms with Crippen LogP contribution < -0.4 is 4.72 Å². The smallest absolute Gasteiger partial charge is 0.240 e. The van der Waals surface area contributed by atoms with Gasteiger partial charge in [-0.15, -0.1) is 10.2 Å². The van der Waals surface area contributed by atoms with Gasteiger partial charge in [0.25, 0.3) is 0 Å². The number of rotatable bonds is 5. The molecule has 1 aromatic carbocycles. The molecular formula is C11H13BrN4O2S. The van der Waals surface area contributed by atoms with E-state index in [1.54, 1.807) is 35.2 Å². The van der Waals surface area contributed by atoms with E-state index in [0.717, 1.165) is 10.3 Å². The lowest BCUT2D eigenvalue weighted by Gasteiger charge is -2.06. The number of aromatic nitrogens is 3. The van der Waals surface area contributed by atoms with E-state index in [1.165, 1.54) is 0 Å². The Bertz CT molecular complexity index is 669. The van der Waals surface area contributed by atoms with Gasteiger partial charge in [-0.2, -0.15) is 0 Å². The standard InChI is InChI=1S/C11H13BrN4O2S/c1-16-8-13-15-11(16)5-6-14-19(17,18)10-4-2-3-9(12)7-10/h2-4,7-8,14H,5-6H2,1H3. The van der Waals surface area contributed by atoms with Gasteiger partial charge in [0, 0.05) is 24.5 Å². The van der Waals surface area contributed by atoms with E-state index in [4.69, 9.17) is 0 Å². The van der Waals surface area contributed by atoms with Crippen LogP contribution in [0, 0.1) is 0 Å². The summed E-state index contributed by atoms with van der Waals surface area (Å²) in [5, 5.41) is 7.63. The molecule has 2 aromatic rings. The lowest BCUT2D eigenvalue weighted by atomic mass is 10.4. The zero-order chi connectivity index (χ0) is 13.9. The highest BCUT2D eigenvalue weighted by Gasteiger charge is 2.13. The van der Waals surface area contributed by atoms with Crippen LogP contribution in [0.1, 0.15) is 5.82 Å². The largest absolute Gasteiger partial charge is 0.321 e. The maximum atomic E-state index is 12.0. The minimum atomic E-state index is -3.49. The zero-order valence-corrected chi connectivity index (χ0v) is 12.6. The summed E-state index contributed by atoms with van der Waals surface area (Å²) in [6.07, 6.45) is 2.07. The second kappa shape index (κ2) is 5.81. The highest BCUT2D eigenvalue weighted by molar-refractivity contribution is 9.10. The summed E-state index contributed by atoms with van der Waals surface area (Å²) < 4.78 is 29.1. The van der Waals surface area contributed by atoms with Crippen molar-refractivity contribution in [2.45, 2.75) is 11.3 Å². The molecule has 1 heterocycles. The SMILES string of the molecule is Cn1cnnc1CCNS(=O)(=O)c1cccc(Br)c1. The van der Waals surface area contributed by atoms with Crippen molar-refractivity contribution in [3.63, 3.8) is 0 Å². The summed E-state index contributed by atoms with van der Waals surface area (Å²) >= 11 is 3.25. The Morgan fingerprint density at radius 3 is 2.84 bits per heavy atom. The quantitative estimate of drug-likeness (QED) is 0.880. The van der Waals surface area contributed by atoms with Crippen LogP contribution in [-0.4, -0.2) is 29.7 Å². The van der Waals surface area contributed by atoms with Gasteiger partial charge in [-0.3, -0.25) is 0 Å². The monoisotopic (exact) mass is 344 g/mol. The van der Waals surface area contributed by atoms with Crippen molar-refractivity contribution >= 4 is 26.0 Å². The molecule has 6 nitrogen and oxygen atoms in total. The lowest BCUT2D eigenvalue weighted by molar-refractivity contribution is 0.580. The van der Waals surface area contributed by atoms with Crippen LogP contribution in [0.25, 0.3) is 0 Å². The van der Waals surface area contributed by atoms with Gasteiger partial charge in [0.2, 0.25) is 10.0 Å². The Morgan fingerprint density at radius 2 is 2.21 bits per heavy atom. The summed E-state index contributed by atoms with van der Waals surface area (Å²) in [6, 6.07) is 6.57. The van der Waals surface area contributed by atoms with E-state index in [1.807, 2.05) is 7.05 Å². The highest BCUT2D eigenvalue weighted by atomic mass is 79.9. The predicted molar refractivity (Wildman–Crippen MR) is 74.0 cm³/mol. The maximum absolute atomic E-state index is 12.0. The molecular weight excluding hydrogens is 332 g/mol. The van der Waals surface area contributed by atoms with Crippen LogP contribution in [0.3, 0.4) is 0 Å². The summed E-state index contributed by atoms with van der Waals surface area (Å²) in [5.74, 6) is 0.733. The molecule has 102 valence electrons. The molecule has 0 spiro atoms. The van der Waals surface area contributed by atoms with Gasteiger partial charge in [-0.25, -0.2) is 13.1 Å². The van der Waals surface area contributed by atoms with Gasteiger partial charge in [0.1, 0.15) is 12.2 Å². The molecule has 0 radical (unpaired) electrons. The average molecular weight is 345 g/mol. The number of aryl methyl sites for hydroxylation is 1. The average Bonchev–Trinajstić information content (AvgIpc) is 2.75. The molecule has 0 aliphatic rings. The molecule has 1 aromatic heterocycles. The normalized spacial score (nSPS) is 11.7. The van der Waals surface area contributed by atoms with E-state index < -0.39 is 10.0 Å². The third-order valence-corrected chi connectivity index (χ3v) is 4.50. The van der Waals surface area contributed by atoms with Gasteiger partial charge in [-0.05, 0) is 18.2 Å². The van der Waals surface area contributed by atoms with Crippen molar-refractivity contribution < 1.29 is 8.42 Å². The number of sulfonamides is 1. The minimum absolute atomic E-state index is 0.236. The Morgan fingerprint density at radius 1 is 1.42 bits per heavy atom. The third-order valence-electron chi connectivity index (χ3n) is 2.55. The Labute approximate surface area is 120 Å². The van der Waals surface area contributed by atoms with Crippen LogP contribution >= 0.6 is 15.9 Å². The molecule has 0 saturated carbocycles. The number of benzene rings is 1. The molecule has 0 bridgehead atoms. The fourth-order valence-electron chi connectivity index (χ4n) is 1.55. The van der Waals surface area contributed by atoms with E-state index in [2.05, 4.69) is 30.8 Å². The number of nitrogens with zero attached hydrogens (tertiary/aromatic N) is 3. The summed E-state index contributed by atoms with van der Waals surface area (Å²) in [7, 11) is -1.67. The number of nitrogens with one attached hydrogen (secondary N) is 1. The fraction of sp³-hybridized carbons (Fsp3) is 0.273. The molecule has 8 heteroatoms. The predicted octanol–water partition coefficient (Wildman–Crippen LogP) is 1.10. The van der Waals surface area contributed by atoms with Gasteiger partial charge in [-0.1, -0.05) is 22.0 Å². The maximum Gasteiger partial charge on any atom is 0.240 e. The van der Waals surface area contributed by atoms with E-state index in [-0.39, 0.29) is 11.4 Å². The van der Waals surface area contributed by atoms with Crippen LogP contribution in [0.4, 0.5) is 0 Å². The van der Waals surface area contributed by atoms with Gasteiger partial charge in [0.15, 0.2) is 0 Å². The van der Waals surface area contributed by atoms with Gasteiger partial charge < -0.3 is 4.57 Å². The first-order chi connectivity index (χ1) is 8.99. The van der Waals surface area contributed by atoms with E-state index in [9.17, 15) is 8.42 Å². The Hall–Kier alpha value is -1.25. The fourth-order valence-corrected chi connectivity index (χ4v) is 3.18. The first-order valence-electron chi connectivity index (χ1n) is 5.57. The highest BCUT2D eigenvalue weighted by Crippen LogP contribution is 2.15. The molecule has 0 saturated heterocycles. The second-order valence-electron chi connectivity index (χ2n) is 3.96. The Balaban J connectivity index is 2.01. The van der Waals surface area contributed by atoms with Gasteiger partial charge >= 0.3 is 0 Å². The summed E-state index contributed by atoms with van der Waals surface area (Å²) in [5.41, 5.74) is 0. The molecule has 0 unspecified atom stereocenters. The molecule has 19 heavy (non-hydrogen) atoms. The molecule has 0 aliphatic carbocycles. The topological polar surface area (TPSA) is 76.9 Å². The molecule has 0 atom stereocenters. The summed E-state index contributed by atoms with van der Waals surface area (Å²) in [6.45, 7) is 0.279. The minimum Gasteiger partial charge on any atom is -0.321 e. The molecule has 0 aliphatic heterocycles. The van der Waals surface area contributed by atoms with Crippen LogP contribution in [0.2, 0.25) is 0 Å². The van der Waals surface area contributed by atoms with Crippen LogP contribution in [0.5, 0.6) is 0 Å². The lowest BCUT2D eigenvalue weighted by Crippen LogP contribution is -2.26. The first-order valence-corrected chi connectivity index (χ1v) is 7.85. The van der Waals surface area contributed by atoms with Crippen molar-refractivity contribution in [3.8, 4) is 0 Å². The van der Waals surface area contributed by atoms with Crippen molar-refractivity contribution in [1.29, 1.82) is 0 Å². The number of hydrogen-bond acceptors (Lipinski definition) is 4. The molecule has 0 amide bonds. The first kappa shape index (κ1) is 14.2. The second-order valence-corrected chi connectivity index (χ2v) is 6.65. The van der Waals surface area contributed by atoms with E-state index in [0.29, 0.717) is 6.42 Å². The molecule has 1 N–H and O–H groups in total. The van der Waals surface area contributed by atoms with Crippen molar-refractivity contribution in [2.24, 2.45) is 7.05 Å². The van der Waals surface area contributed by atoms with Crippen molar-refractivity contribution in [1.82, 2.24) is 19.5 Å². The van der Waals surface area contributed by atoms with Crippen molar-refractivity contribution in [3.05, 3.63) is 40.9 Å². The number of hydrogen-bond donors (Lipinski definition) is 1.